The maximum Gasteiger partial charge on any atom is 0.319 e. The number of ether oxygens (including phenoxy) is 1. The summed E-state index contributed by atoms with van der Waals surface area (Å²) in [6.45, 7) is 2.09. The van der Waals surface area contributed by atoms with E-state index in [1.54, 1.807) is 4.90 Å². The van der Waals surface area contributed by atoms with E-state index in [1.807, 2.05) is 6.07 Å². The van der Waals surface area contributed by atoms with Gasteiger partial charge in [-0.15, -0.1) is 11.3 Å². The zero-order valence-corrected chi connectivity index (χ0v) is 25.1. The van der Waals surface area contributed by atoms with Gasteiger partial charge in [0.15, 0.2) is 18.4 Å². The van der Waals surface area contributed by atoms with E-state index in [0.717, 1.165) is 50.1 Å². The predicted octanol–water partition coefficient (Wildman–Crippen LogP) is 5.35. The summed E-state index contributed by atoms with van der Waals surface area (Å²) in [6.07, 6.45) is 1.92. The minimum Gasteiger partial charge on any atom is -0.461 e. The number of fused-ring (bicyclic) bond motifs is 4. The predicted molar refractivity (Wildman–Crippen MR) is 162 cm³/mol. The molecule has 1 aromatic carbocycles. The summed E-state index contributed by atoms with van der Waals surface area (Å²) in [6, 6.07) is 3.79. The Kier molecular flexibility index (Phi) is 6.78. The fraction of sp³-hybridized carbons (Fsp3) is 0.484. The van der Waals surface area contributed by atoms with Crippen LogP contribution >= 0.6 is 11.3 Å². The third kappa shape index (κ3) is 4.42. The summed E-state index contributed by atoms with van der Waals surface area (Å²) in [5.41, 5.74) is 6.39. The number of hydrogen-bond donors (Lipinski definition) is 2. The molecule has 0 amide bonds. The number of aryl methyl sites for hydroxylation is 1. The normalized spacial score (nSPS) is 24.3. The molecule has 3 aromatic heterocycles. The van der Waals surface area contributed by atoms with Crippen LogP contribution in [-0.4, -0.2) is 70.3 Å². The van der Waals surface area contributed by atoms with Gasteiger partial charge in [0.1, 0.15) is 40.5 Å². The van der Waals surface area contributed by atoms with E-state index in [2.05, 4.69) is 15.2 Å². The van der Waals surface area contributed by atoms with Gasteiger partial charge in [-0.25, -0.2) is 22.5 Å². The van der Waals surface area contributed by atoms with Crippen molar-refractivity contribution in [1.82, 2.24) is 25.2 Å². The largest absolute Gasteiger partial charge is 0.461 e. The summed E-state index contributed by atoms with van der Waals surface area (Å²) in [4.78, 5) is 18.0. The molecule has 0 radical (unpaired) electrons. The van der Waals surface area contributed by atoms with E-state index in [4.69, 9.17) is 20.4 Å². The zero-order chi connectivity index (χ0) is 31.0. The molecular formula is C31H30F4N8OS. The Hall–Kier alpha value is -3.80. The van der Waals surface area contributed by atoms with E-state index in [0.29, 0.717) is 31.6 Å². The second-order valence-corrected chi connectivity index (χ2v) is 13.4. The van der Waals surface area contributed by atoms with Crippen LogP contribution in [0.1, 0.15) is 49.8 Å². The highest BCUT2D eigenvalue weighted by molar-refractivity contribution is 7.23. The molecule has 14 heteroatoms. The van der Waals surface area contributed by atoms with Crippen molar-refractivity contribution < 1.29 is 22.3 Å². The van der Waals surface area contributed by atoms with Gasteiger partial charge in [-0.1, -0.05) is 0 Å². The smallest absolute Gasteiger partial charge is 0.319 e. The van der Waals surface area contributed by atoms with Gasteiger partial charge in [-0.05, 0) is 70.2 Å². The van der Waals surface area contributed by atoms with Crippen molar-refractivity contribution in [2.24, 2.45) is 0 Å². The van der Waals surface area contributed by atoms with Crippen LogP contribution in [0.4, 0.5) is 28.4 Å². The number of pyridine rings is 1. The Morgan fingerprint density at radius 2 is 1.91 bits per heavy atom. The summed E-state index contributed by atoms with van der Waals surface area (Å²) in [7, 11) is 0. The molecule has 3 N–H and O–H groups in total. The first-order valence-corrected chi connectivity index (χ1v) is 16.1. The molecule has 4 aromatic rings. The Morgan fingerprint density at radius 3 is 2.69 bits per heavy atom. The van der Waals surface area contributed by atoms with Gasteiger partial charge in [-0.2, -0.15) is 15.2 Å². The maximum absolute atomic E-state index is 16.9. The van der Waals surface area contributed by atoms with E-state index in [9.17, 15) is 14.0 Å². The number of anilines is 2. The second-order valence-electron chi connectivity index (χ2n) is 12.4. The number of rotatable bonds is 4. The van der Waals surface area contributed by atoms with Crippen molar-refractivity contribution in [1.29, 1.82) is 5.26 Å². The first-order valence-electron chi connectivity index (χ1n) is 15.3. The van der Waals surface area contributed by atoms with E-state index in [-0.39, 0.29) is 66.7 Å². The lowest BCUT2D eigenvalue weighted by Gasteiger charge is -2.42. The molecule has 0 spiro atoms. The molecule has 0 bridgehead atoms. The van der Waals surface area contributed by atoms with Crippen molar-refractivity contribution in [2.75, 3.05) is 36.9 Å². The summed E-state index contributed by atoms with van der Waals surface area (Å²) in [5, 5.41) is 12.8. The van der Waals surface area contributed by atoms with E-state index < -0.39 is 30.3 Å². The molecule has 45 heavy (non-hydrogen) atoms. The minimum absolute atomic E-state index is 0.0458. The number of nitrogens with one attached hydrogen (secondary N) is 1. The first kappa shape index (κ1) is 28.7. The number of piperazine rings is 1. The van der Waals surface area contributed by atoms with Gasteiger partial charge in [0.25, 0.3) is 0 Å². The molecule has 0 aliphatic carbocycles. The highest BCUT2D eigenvalue weighted by Gasteiger charge is 2.45. The molecule has 0 saturated carbocycles. The summed E-state index contributed by atoms with van der Waals surface area (Å²) in [5.74, 6) is -1.23. The third-order valence-corrected chi connectivity index (χ3v) is 10.9. The molecular weight excluding hydrogens is 608 g/mol. The molecule has 3 atom stereocenters. The third-order valence-electron chi connectivity index (χ3n) is 9.91. The van der Waals surface area contributed by atoms with Crippen LogP contribution in [0.25, 0.3) is 32.2 Å². The molecule has 234 valence electrons. The molecule has 7 heterocycles. The second kappa shape index (κ2) is 10.6. The van der Waals surface area contributed by atoms with E-state index in [1.165, 1.54) is 12.1 Å². The minimum atomic E-state index is -1.67. The van der Waals surface area contributed by atoms with Crippen LogP contribution < -0.4 is 20.7 Å². The Labute approximate surface area is 260 Å². The highest BCUT2D eigenvalue weighted by Crippen LogP contribution is 2.45. The van der Waals surface area contributed by atoms with Crippen molar-refractivity contribution in [3.8, 4) is 23.3 Å². The average molecular weight is 639 g/mol. The van der Waals surface area contributed by atoms with Crippen LogP contribution in [0.3, 0.4) is 0 Å². The van der Waals surface area contributed by atoms with E-state index >= 15 is 8.78 Å². The van der Waals surface area contributed by atoms with Crippen molar-refractivity contribution in [3.05, 3.63) is 35.0 Å². The van der Waals surface area contributed by atoms with Crippen molar-refractivity contribution in [3.63, 3.8) is 0 Å². The number of nitriles is 1. The Morgan fingerprint density at radius 1 is 1.11 bits per heavy atom. The average Bonchev–Trinajstić information content (AvgIpc) is 3.70. The lowest BCUT2D eigenvalue weighted by atomic mass is 9.95. The Balaban J connectivity index is 1.35. The van der Waals surface area contributed by atoms with Crippen molar-refractivity contribution in [2.45, 2.75) is 69.1 Å². The van der Waals surface area contributed by atoms with Gasteiger partial charge in [0, 0.05) is 10.9 Å². The zero-order valence-electron chi connectivity index (χ0n) is 24.3. The SMILES string of the molecule is N#Cc1c(N)sc2c(F)ccc(-c3nc4c5c(nc(OCC67CCCN6CCC7)nc5c3F)N3CC(F)NC(F)C3CCC4)c12. The lowest BCUT2D eigenvalue weighted by Crippen LogP contribution is -2.60. The lowest BCUT2D eigenvalue weighted by molar-refractivity contribution is 0.102. The number of benzene rings is 1. The number of aromatic nitrogens is 3. The number of thiophene rings is 1. The number of hydrogen-bond acceptors (Lipinski definition) is 10. The number of nitrogens with two attached hydrogens (primary N) is 1. The van der Waals surface area contributed by atoms with Crippen LogP contribution in [-0.2, 0) is 6.42 Å². The van der Waals surface area contributed by atoms with Gasteiger partial charge in [0.2, 0.25) is 0 Å². The fourth-order valence-electron chi connectivity index (χ4n) is 7.82. The standard InChI is InChI=1S/C31H30F4N8OS/c32-17-7-6-15(21-16(12-36)28(37)45-26(17)21)24-23(34)25-22-18(38-24)4-1-5-19-27(35)39-20(33)13-43(19)29(22)41-30(40-25)44-14-31-8-2-10-42(31)11-3-9-31/h6-7,19-20,27,39H,1-5,8-11,13-14,37H2. The number of nitrogens with zero attached hydrogens (tertiary/aromatic N) is 6. The van der Waals surface area contributed by atoms with Gasteiger partial charge in [-0.3, -0.25) is 10.2 Å². The number of halogens is 4. The first-order chi connectivity index (χ1) is 21.8. The van der Waals surface area contributed by atoms with Crippen LogP contribution in [0.5, 0.6) is 6.01 Å². The Bertz CT molecular complexity index is 1890. The highest BCUT2D eigenvalue weighted by atomic mass is 32.1. The quantitative estimate of drug-likeness (QED) is 0.225. The number of nitrogen functional groups attached to an aromatic ring is 1. The molecule has 9 nitrogen and oxygen atoms in total. The molecule has 3 saturated heterocycles. The molecule has 4 aliphatic rings. The van der Waals surface area contributed by atoms with Gasteiger partial charge in [0.05, 0.1) is 39.5 Å². The van der Waals surface area contributed by atoms with Crippen LogP contribution in [0.2, 0.25) is 0 Å². The number of alkyl halides is 2. The summed E-state index contributed by atoms with van der Waals surface area (Å²) >= 11 is 0.916. The van der Waals surface area contributed by atoms with Crippen LogP contribution in [0, 0.1) is 23.0 Å². The molecule has 3 unspecified atom stereocenters. The van der Waals surface area contributed by atoms with Crippen molar-refractivity contribution >= 4 is 43.1 Å². The fourth-order valence-corrected chi connectivity index (χ4v) is 8.77. The van der Waals surface area contributed by atoms with Crippen LogP contribution in [0.15, 0.2) is 12.1 Å². The molecule has 4 aliphatic heterocycles. The molecule has 3 fully saturated rings. The maximum atomic E-state index is 16.9. The summed E-state index contributed by atoms with van der Waals surface area (Å²) < 4.78 is 68.2. The topological polar surface area (TPSA) is 116 Å². The molecule has 8 rings (SSSR count). The van der Waals surface area contributed by atoms with Gasteiger partial charge >= 0.3 is 6.01 Å². The van der Waals surface area contributed by atoms with Gasteiger partial charge < -0.3 is 15.4 Å². The monoisotopic (exact) mass is 638 g/mol.